The minimum Gasteiger partial charge on any atom is -0.309 e. The highest BCUT2D eigenvalue weighted by atomic mass is 15.0. The molecule has 234 valence electrons. The molecule has 10 rings (SSSR count). The van der Waals surface area contributed by atoms with Gasteiger partial charge in [-0.05, 0) is 90.5 Å². The molecule has 5 heteroatoms. The molecule has 0 fully saturated rings. The van der Waals surface area contributed by atoms with Crippen molar-refractivity contribution >= 4 is 43.7 Å². The van der Waals surface area contributed by atoms with E-state index in [1.807, 2.05) is 48.9 Å². The van der Waals surface area contributed by atoms with Crippen LogP contribution in [0.5, 0.6) is 0 Å². The number of pyridine rings is 3. The Morgan fingerprint density at radius 3 is 1.60 bits per heavy atom. The Balaban J connectivity index is 1.17. The molecular formula is C45H29N5. The first-order chi connectivity index (χ1) is 24.8. The van der Waals surface area contributed by atoms with Crippen molar-refractivity contribution in [3.63, 3.8) is 0 Å². The van der Waals surface area contributed by atoms with Crippen LogP contribution in [0, 0.1) is 0 Å². The van der Waals surface area contributed by atoms with Gasteiger partial charge in [-0.3, -0.25) is 14.5 Å². The van der Waals surface area contributed by atoms with Crippen LogP contribution in [0.2, 0.25) is 0 Å². The SMILES string of the molecule is c1ccc(-n2c3ccccc3c3cc(-c4ccc5c(c4)c4ccccc4n5-c4cc(-c5ccccn5)cc(-c5ccccn5)c4)cnc32)cc1. The number of aromatic nitrogens is 5. The summed E-state index contributed by atoms with van der Waals surface area (Å²) < 4.78 is 4.62. The highest BCUT2D eigenvalue weighted by molar-refractivity contribution is 6.12. The second-order valence-electron chi connectivity index (χ2n) is 12.6. The molecule has 0 amide bonds. The van der Waals surface area contributed by atoms with E-state index in [1.54, 1.807) is 0 Å². The van der Waals surface area contributed by atoms with Gasteiger partial charge in [0.15, 0.2) is 0 Å². The summed E-state index contributed by atoms with van der Waals surface area (Å²) in [6, 6.07) is 55.5. The molecule has 0 saturated carbocycles. The van der Waals surface area contributed by atoms with Crippen molar-refractivity contribution in [2.45, 2.75) is 0 Å². The monoisotopic (exact) mass is 639 g/mol. The zero-order valence-corrected chi connectivity index (χ0v) is 27.0. The fourth-order valence-electron chi connectivity index (χ4n) is 7.37. The Hall–Kier alpha value is -6.85. The highest BCUT2D eigenvalue weighted by Gasteiger charge is 2.18. The predicted octanol–water partition coefficient (Wildman–Crippen LogP) is 11.1. The van der Waals surface area contributed by atoms with E-state index in [0.29, 0.717) is 0 Å². The van der Waals surface area contributed by atoms with Gasteiger partial charge < -0.3 is 4.57 Å². The van der Waals surface area contributed by atoms with Gasteiger partial charge in [-0.2, -0.15) is 0 Å². The van der Waals surface area contributed by atoms with Gasteiger partial charge in [0.05, 0.1) is 27.9 Å². The van der Waals surface area contributed by atoms with Crippen molar-refractivity contribution in [3.05, 3.63) is 176 Å². The zero-order valence-electron chi connectivity index (χ0n) is 27.0. The lowest BCUT2D eigenvalue weighted by Gasteiger charge is -2.13. The standard InChI is InChI=1S/C45H29N5/c1-2-12-34(13-3-1)50-43-19-7-5-15-37(43)39-28-33(29-48-45(39)50)30-20-21-44-38(27-30)36-14-4-6-18-42(36)49(44)35-25-31(40-16-8-10-22-46-40)24-32(26-35)41-17-9-11-23-47-41/h1-29H. The summed E-state index contributed by atoms with van der Waals surface area (Å²) in [4.78, 5) is 14.5. The Labute approximate surface area is 288 Å². The van der Waals surface area contributed by atoms with Crippen LogP contribution >= 0.6 is 0 Å². The van der Waals surface area contributed by atoms with Crippen LogP contribution in [0.1, 0.15) is 0 Å². The van der Waals surface area contributed by atoms with Crippen LogP contribution in [-0.4, -0.2) is 24.1 Å². The van der Waals surface area contributed by atoms with Crippen molar-refractivity contribution in [2.75, 3.05) is 0 Å². The molecule has 0 bridgehead atoms. The first-order valence-electron chi connectivity index (χ1n) is 16.8. The second kappa shape index (κ2) is 11.4. The molecule has 5 aromatic heterocycles. The molecule has 5 heterocycles. The molecule has 0 radical (unpaired) electrons. The number of hydrogen-bond acceptors (Lipinski definition) is 3. The fraction of sp³-hybridized carbons (Fsp3) is 0. The third-order valence-corrected chi connectivity index (χ3v) is 9.63. The van der Waals surface area contributed by atoms with Crippen LogP contribution in [0.15, 0.2) is 176 Å². The molecule has 0 atom stereocenters. The Kier molecular flexibility index (Phi) is 6.42. The van der Waals surface area contributed by atoms with Crippen LogP contribution in [-0.2, 0) is 0 Å². The first-order valence-corrected chi connectivity index (χ1v) is 16.8. The van der Waals surface area contributed by atoms with E-state index >= 15 is 0 Å². The molecule has 0 N–H and O–H groups in total. The molecule has 5 aromatic carbocycles. The number of fused-ring (bicyclic) bond motifs is 6. The van der Waals surface area contributed by atoms with Gasteiger partial charge in [0.2, 0.25) is 0 Å². The van der Waals surface area contributed by atoms with Crippen LogP contribution < -0.4 is 0 Å². The summed E-state index contributed by atoms with van der Waals surface area (Å²) in [7, 11) is 0. The maximum atomic E-state index is 5.09. The summed E-state index contributed by atoms with van der Waals surface area (Å²) in [5.74, 6) is 0. The van der Waals surface area contributed by atoms with Crippen molar-refractivity contribution in [1.29, 1.82) is 0 Å². The van der Waals surface area contributed by atoms with Gasteiger partial charge in [0.25, 0.3) is 0 Å². The average molecular weight is 640 g/mol. The summed E-state index contributed by atoms with van der Waals surface area (Å²) in [6.07, 6.45) is 5.70. The summed E-state index contributed by atoms with van der Waals surface area (Å²) >= 11 is 0. The second-order valence-corrected chi connectivity index (χ2v) is 12.6. The molecule has 0 unspecified atom stereocenters. The Morgan fingerprint density at radius 2 is 0.920 bits per heavy atom. The summed E-state index contributed by atoms with van der Waals surface area (Å²) in [5, 5.41) is 4.71. The largest absolute Gasteiger partial charge is 0.309 e. The third kappa shape index (κ3) is 4.52. The van der Waals surface area contributed by atoms with Gasteiger partial charge in [0.1, 0.15) is 5.65 Å². The molecule has 0 aliphatic carbocycles. The van der Waals surface area contributed by atoms with E-state index in [-0.39, 0.29) is 0 Å². The third-order valence-electron chi connectivity index (χ3n) is 9.63. The van der Waals surface area contributed by atoms with Crippen LogP contribution in [0.25, 0.3) is 88.8 Å². The smallest absolute Gasteiger partial charge is 0.145 e. The maximum absolute atomic E-state index is 5.09. The topological polar surface area (TPSA) is 48.5 Å². The molecule has 0 aliphatic heterocycles. The van der Waals surface area contributed by atoms with E-state index in [1.165, 1.54) is 16.2 Å². The van der Waals surface area contributed by atoms with Gasteiger partial charge in [-0.25, -0.2) is 4.98 Å². The van der Waals surface area contributed by atoms with E-state index in [4.69, 9.17) is 15.0 Å². The average Bonchev–Trinajstić information content (AvgIpc) is 3.71. The van der Waals surface area contributed by atoms with E-state index in [9.17, 15) is 0 Å². The molecule has 10 aromatic rings. The fourth-order valence-corrected chi connectivity index (χ4v) is 7.37. The van der Waals surface area contributed by atoms with Gasteiger partial charge >= 0.3 is 0 Å². The van der Waals surface area contributed by atoms with E-state index in [2.05, 4.69) is 137 Å². The molecule has 0 aliphatic rings. The minimum absolute atomic E-state index is 0.922. The number of hydrogen-bond donors (Lipinski definition) is 0. The lowest BCUT2D eigenvalue weighted by molar-refractivity contribution is 1.14. The maximum Gasteiger partial charge on any atom is 0.145 e. The summed E-state index contributed by atoms with van der Waals surface area (Å²) in [5.41, 5.74) is 12.7. The van der Waals surface area contributed by atoms with Crippen molar-refractivity contribution in [2.24, 2.45) is 0 Å². The van der Waals surface area contributed by atoms with Crippen LogP contribution in [0.3, 0.4) is 0 Å². The van der Waals surface area contributed by atoms with Crippen molar-refractivity contribution in [3.8, 4) is 45.0 Å². The molecule has 5 nitrogen and oxygen atoms in total. The van der Waals surface area contributed by atoms with E-state index in [0.717, 1.165) is 72.6 Å². The minimum atomic E-state index is 0.922. The quantitative estimate of drug-likeness (QED) is 0.188. The first kappa shape index (κ1) is 28.2. The lowest BCUT2D eigenvalue weighted by atomic mass is 10.0. The number of para-hydroxylation sites is 3. The number of nitrogens with zero attached hydrogens (tertiary/aromatic N) is 5. The normalized spacial score (nSPS) is 11.6. The Bertz CT molecular complexity index is 2800. The Morgan fingerprint density at radius 1 is 0.340 bits per heavy atom. The number of benzene rings is 5. The molecule has 50 heavy (non-hydrogen) atoms. The number of rotatable bonds is 5. The lowest BCUT2D eigenvalue weighted by Crippen LogP contribution is -1.97. The van der Waals surface area contributed by atoms with Gasteiger partial charge in [-0.15, -0.1) is 0 Å². The van der Waals surface area contributed by atoms with Crippen molar-refractivity contribution in [1.82, 2.24) is 24.1 Å². The van der Waals surface area contributed by atoms with Crippen LogP contribution in [0.4, 0.5) is 0 Å². The predicted molar refractivity (Wildman–Crippen MR) is 205 cm³/mol. The van der Waals surface area contributed by atoms with Crippen molar-refractivity contribution < 1.29 is 0 Å². The zero-order chi connectivity index (χ0) is 33.0. The van der Waals surface area contributed by atoms with E-state index < -0.39 is 0 Å². The van der Waals surface area contributed by atoms with Gasteiger partial charge in [0, 0.05) is 68.2 Å². The molecule has 0 saturated heterocycles. The molecule has 0 spiro atoms. The summed E-state index contributed by atoms with van der Waals surface area (Å²) in [6.45, 7) is 0. The highest BCUT2D eigenvalue weighted by Crippen LogP contribution is 2.39. The van der Waals surface area contributed by atoms with Gasteiger partial charge in [-0.1, -0.05) is 72.8 Å². The molecular weight excluding hydrogens is 611 g/mol.